The zero-order chi connectivity index (χ0) is 10.7. The van der Waals surface area contributed by atoms with Crippen LogP contribution in [0.25, 0.3) is 0 Å². The molecule has 1 aromatic rings. The van der Waals surface area contributed by atoms with Crippen LogP contribution in [-0.4, -0.2) is 23.2 Å². The van der Waals surface area contributed by atoms with E-state index in [1.165, 1.54) is 7.11 Å². The number of methoxy groups -OCH3 is 1. The summed E-state index contributed by atoms with van der Waals surface area (Å²) < 4.78 is 10.2. The SMILES string of the molecule is COc1nc(CC(=O)O)oc1C(C)C. The number of hydrogen-bond acceptors (Lipinski definition) is 4. The molecule has 0 aromatic carbocycles. The summed E-state index contributed by atoms with van der Waals surface area (Å²) in [5.74, 6) is 0.294. The lowest BCUT2D eigenvalue weighted by Gasteiger charge is -2.00. The number of carboxylic acids is 1. The van der Waals surface area contributed by atoms with Crippen molar-refractivity contribution in [3.63, 3.8) is 0 Å². The van der Waals surface area contributed by atoms with E-state index in [4.69, 9.17) is 14.3 Å². The molecule has 0 bridgehead atoms. The van der Waals surface area contributed by atoms with Gasteiger partial charge in [0.15, 0.2) is 5.76 Å². The van der Waals surface area contributed by atoms with Crippen LogP contribution in [-0.2, 0) is 11.2 Å². The molecule has 14 heavy (non-hydrogen) atoms. The maximum absolute atomic E-state index is 10.4. The van der Waals surface area contributed by atoms with Gasteiger partial charge in [0.2, 0.25) is 5.89 Å². The average Bonchev–Trinajstić information content (AvgIpc) is 2.46. The van der Waals surface area contributed by atoms with E-state index in [0.717, 1.165) is 0 Å². The minimum atomic E-state index is -0.968. The number of nitrogens with zero attached hydrogens (tertiary/aromatic N) is 1. The maximum Gasteiger partial charge on any atom is 0.312 e. The van der Waals surface area contributed by atoms with Crippen LogP contribution in [0.15, 0.2) is 4.42 Å². The van der Waals surface area contributed by atoms with Gasteiger partial charge < -0.3 is 14.3 Å². The minimum Gasteiger partial charge on any atom is -0.481 e. The molecule has 1 heterocycles. The highest BCUT2D eigenvalue weighted by Gasteiger charge is 2.18. The molecule has 1 rings (SSSR count). The molecule has 0 fully saturated rings. The van der Waals surface area contributed by atoms with Gasteiger partial charge in [-0.2, -0.15) is 4.98 Å². The Bertz CT molecular complexity index is 330. The van der Waals surface area contributed by atoms with Crippen LogP contribution < -0.4 is 4.74 Å². The monoisotopic (exact) mass is 199 g/mol. The second kappa shape index (κ2) is 4.13. The molecule has 0 saturated heterocycles. The van der Waals surface area contributed by atoms with Gasteiger partial charge in [-0.05, 0) is 0 Å². The molecule has 0 aliphatic rings. The largest absolute Gasteiger partial charge is 0.481 e. The van der Waals surface area contributed by atoms with Crippen molar-refractivity contribution in [2.24, 2.45) is 0 Å². The Morgan fingerprint density at radius 1 is 1.64 bits per heavy atom. The van der Waals surface area contributed by atoms with Gasteiger partial charge in [0.25, 0.3) is 5.88 Å². The molecule has 0 atom stereocenters. The van der Waals surface area contributed by atoms with Gasteiger partial charge in [0.05, 0.1) is 7.11 Å². The van der Waals surface area contributed by atoms with Gasteiger partial charge in [0.1, 0.15) is 6.42 Å². The number of carboxylic acid groups (broad SMARTS) is 1. The Hall–Kier alpha value is -1.52. The van der Waals surface area contributed by atoms with E-state index < -0.39 is 5.97 Å². The molecule has 0 saturated carbocycles. The lowest BCUT2D eigenvalue weighted by molar-refractivity contribution is -0.136. The molecule has 0 radical (unpaired) electrons. The Kier molecular flexibility index (Phi) is 3.11. The van der Waals surface area contributed by atoms with Crippen molar-refractivity contribution < 1.29 is 19.1 Å². The fourth-order valence-electron chi connectivity index (χ4n) is 1.08. The van der Waals surface area contributed by atoms with Crippen molar-refractivity contribution in [1.29, 1.82) is 0 Å². The number of oxazole rings is 1. The highest BCUT2D eigenvalue weighted by molar-refractivity contribution is 5.68. The topological polar surface area (TPSA) is 72.6 Å². The van der Waals surface area contributed by atoms with E-state index in [-0.39, 0.29) is 18.2 Å². The summed E-state index contributed by atoms with van der Waals surface area (Å²) >= 11 is 0. The molecule has 5 heteroatoms. The van der Waals surface area contributed by atoms with Crippen LogP contribution in [0.5, 0.6) is 5.88 Å². The highest BCUT2D eigenvalue weighted by Crippen LogP contribution is 2.26. The van der Waals surface area contributed by atoms with Gasteiger partial charge in [0, 0.05) is 5.92 Å². The predicted molar refractivity (Wildman–Crippen MR) is 48.5 cm³/mol. The third-order valence-electron chi connectivity index (χ3n) is 1.68. The Labute approximate surface area is 81.7 Å². The van der Waals surface area contributed by atoms with Crippen molar-refractivity contribution in [3.05, 3.63) is 11.7 Å². The number of hydrogen-bond donors (Lipinski definition) is 1. The summed E-state index contributed by atoms with van der Waals surface area (Å²) in [4.78, 5) is 14.3. The first-order valence-corrected chi connectivity index (χ1v) is 4.30. The molecular weight excluding hydrogens is 186 g/mol. The number of ether oxygens (including phenoxy) is 1. The standard InChI is InChI=1S/C9H13NO4/c1-5(2)8-9(13-3)10-6(14-8)4-7(11)12/h5H,4H2,1-3H3,(H,11,12). The number of aliphatic carboxylic acids is 1. The van der Waals surface area contributed by atoms with E-state index >= 15 is 0 Å². The van der Waals surface area contributed by atoms with Crippen molar-refractivity contribution in [2.75, 3.05) is 7.11 Å². The second-order valence-corrected chi connectivity index (χ2v) is 3.21. The van der Waals surface area contributed by atoms with Gasteiger partial charge in [-0.1, -0.05) is 13.8 Å². The van der Waals surface area contributed by atoms with Crippen LogP contribution in [0.2, 0.25) is 0 Å². The summed E-state index contributed by atoms with van der Waals surface area (Å²) in [7, 11) is 1.48. The number of aromatic nitrogens is 1. The third kappa shape index (κ3) is 2.25. The van der Waals surface area contributed by atoms with Gasteiger partial charge in [-0.15, -0.1) is 0 Å². The Morgan fingerprint density at radius 3 is 2.64 bits per heavy atom. The van der Waals surface area contributed by atoms with E-state index in [1.54, 1.807) is 0 Å². The summed E-state index contributed by atoms with van der Waals surface area (Å²) in [5.41, 5.74) is 0. The molecule has 1 N–H and O–H groups in total. The summed E-state index contributed by atoms with van der Waals surface area (Å²) in [6, 6.07) is 0. The quantitative estimate of drug-likeness (QED) is 0.794. The molecule has 0 unspecified atom stereocenters. The molecule has 1 aromatic heterocycles. The molecule has 0 aliphatic heterocycles. The lowest BCUT2D eigenvalue weighted by Crippen LogP contribution is -1.99. The average molecular weight is 199 g/mol. The highest BCUT2D eigenvalue weighted by atomic mass is 16.5. The number of carbonyl (C=O) groups is 1. The van der Waals surface area contributed by atoms with Crippen LogP contribution in [0.4, 0.5) is 0 Å². The van der Waals surface area contributed by atoms with Crippen LogP contribution >= 0.6 is 0 Å². The van der Waals surface area contributed by atoms with E-state index in [2.05, 4.69) is 4.98 Å². The van der Waals surface area contributed by atoms with Crippen LogP contribution in [0.1, 0.15) is 31.4 Å². The van der Waals surface area contributed by atoms with Crippen molar-refractivity contribution >= 4 is 5.97 Å². The predicted octanol–water partition coefficient (Wildman–Crippen LogP) is 1.43. The molecule has 78 valence electrons. The Morgan fingerprint density at radius 2 is 2.29 bits per heavy atom. The summed E-state index contributed by atoms with van der Waals surface area (Å²) in [6.45, 7) is 3.85. The van der Waals surface area contributed by atoms with E-state index in [9.17, 15) is 4.79 Å². The first kappa shape index (κ1) is 10.6. The summed E-state index contributed by atoms with van der Waals surface area (Å²) in [6.07, 6.45) is -0.219. The van der Waals surface area contributed by atoms with E-state index in [0.29, 0.717) is 11.6 Å². The van der Waals surface area contributed by atoms with Crippen molar-refractivity contribution in [2.45, 2.75) is 26.2 Å². The van der Waals surface area contributed by atoms with Crippen molar-refractivity contribution in [1.82, 2.24) is 4.98 Å². The molecule has 0 spiro atoms. The molecule has 5 nitrogen and oxygen atoms in total. The summed E-state index contributed by atoms with van der Waals surface area (Å²) in [5, 5.41) is 8.54. The smallest absolute Gasteiger partial charge is 0.312 e. The Balaban J connectivity index is 2.94. The zero-order valence-electron chi connectivity index (χ0n) is 8.40. The lowest BCUT2D eigenvalue weighted by atomic mass is 10.2. The maximum atomic E-state index is 10.4. The molecular formula is C9H13NO4. The van der Waals surface area contributed by atoms with E-state index in [1.807, 2.05) is 13.8 Å². The minimum absolute atomic E-state index is 0.125. The second-order valence-electron chi connectivity index (χ2n) is 3.21. The molecule has 0 amide bonds. The first-order valence-electron chi connectivity index (χ1n) is 4.30. The van der Waals surface area contributed by atoms with Gasteiger partial charge in [-0.25, -0.2) is 0 Å². The van der Waals surface area contributed by atoms with Crippen LogP contribution in [0, 0.1) is 0 Å². The van der Waals surface area contributed by atoms with Crippen LogP contribution in [0.3, 0.4) is 0 Å². The van der Waals surface area contributed by atoms with Gasteiger partial charge >= 0.3 is 5.97 Å². The molecule has 0 aliphatic carbocycles. The fourth-order valence-corrected chi connectivity index (χ4v) is 1.08. The number of rotatable bonds is 4. The van der Waals surface area contributed by atoms with Gasteiger partial charge in [-0.3, -0.25) is 4.79 Å². The zero-order valence-corrected chi connectivity index (χ0v) is 8.40. The first-order chi connectivity index (χ1) is 6.54. The normalized spacial score (nSPS) is 10.6. The third-order valence-corrected chi connectivity index (χ3v) is 1.68. The fraction of sp³-hybridized carbons (Fsp3) is 0.556. The van der Waals surface area contributed by atoms with Crippen molar-refractivity contribution in [3.8, 4) is 5.88 Å².